The third kappa shape index (κ3) is 8.75. The zero-order valence-corrected chi connectivity index (χ0v) is 19.9. The maximum absolute atomic E-state index is 11.8. The van der Waals surface area contributed by atoms with E-state index >= 15 is 0 Å². The third-order valence-electron chi connectivity index (χ3n) is 4.01. The predicted molar refractivity (Wildman–Crippen MR) is 120 cm³/mol. The van der Waals surface area contributed by atoms with Gasteiger partial charge in [0, 0.05) is 31.5 Å². The number of rotatable bonds is 7. The Morgan fingerprint density at radius 3 is 2.44 bits per heavy atom. The molecule has 7 nitrogen and oxygen atoms in total. The number of carbonyl (C=O) groups excluding carboxylic acids is 1. The zero-order chi connectivity index (χ0) is 19.0. The second-order valence-corrected chi connectivity index (χ2v) is 7.36. The molecule has 9 heteroatoms. The van der Waals surface area contributed by atoms with E-state index in [4.69, 9.17) is 9.47 Å². The first-order chi connectivity index (χ1) is 12.4. The van der Waals surface area contributed by atoms with Gasteiger partial charge in [-0.05, 0) is 24.6 Å². The van der Waals surface area contributed by atoms with Crippen molar-refractivity contribution in [3.05, 3.63) is 34.3 Å². The molecule has 1 aliphatic heterocycles. The van der Waals surface area contributed by atoms with E-state index in [-0.39, 0.29) is 36.4 Å². The summed E-state index contributed by atoms with van der Waals surface area (Å²) in [6.07, 6.45) is 0.688. The number of ether oxygens (including phenoxy) is 2. The SMILES string of the molecule is CN(C)C(=O)CNC(=NCc1ccc(Br)cc1)NCCC1(C)OCCO1.I. The number of hydrogen-bond donors (Lipinski definition) is 2. The number of nitrogens with zero attached hydrogens (tertiary/aromatic N) is 2. The van der Waals surface area contributed by atoms with Gasteiger partial charge in [-0.15, -0.1) is 24.0 Å². The lowest BCUT2D eigenvalue weighted by Gasteiger charge is -2.23. The van der Waals surface area contributed by atoms with Crippen LogP contribution in [0.25, 0.3) is 0 Å². The second-order valence-electron chi connectivity index (χ2n) is 6.44. The zero-order valence-electron chi connectivity index (χ0n) is 16.0. The molecule has 1 fully saturated rings. The quantitative estimate of drug-likeness (QED) is 0.307. The molecular formula is C18H28BrIN4O3. The number of guanidine groups is 1. The molecule has 0 aliphatic carbocycles. The van der Waals surface area contributed by atoms with Crippen molar-refractivity contribution in [1.29, 1.82) is 0 Å². The number of nitrogens with one attached hydrogen (secondary N) is 2. The molecule has 2 N–H and O–H groups in total. The Kier molecular flexibility index (Phi) is 10.6. The molecular weight excluding hydrogens is 527 g/mol. The summed E-state index contributed by atoms with van der Waals surface area (Å²) in [4.78, 5) is 17.9. The number of amides is 1. The molecule has 152 valence electrons. The van der Waals surface area contributed by atoms with Gasteiger partial charge in [0.25, 0.3) is 0 Å². The number of benzene rings is 1. The fraction of sp³-hybridized carbons (Fsp3) is 0.556. The summed E-state index contributed by atoms with van der Waals surface area (Å²) in [5.41, 5.74) is 1.09. The van der Waals surface area contributed by atoms with E-state index in [2.05, 4.69) is 31.6 Å². The van der Waals surface area contributed by atoms with Crippen LogP contribution in [0.1, 0.15) is 18.9 Å². The minimum absolute atomic E-state index is 0. The van der Waals surface area contributed by atoms with E-state index in [0.717, 1.165) is 10.0 Å². The summed E-state index contributed by atoms with van der Waals surface area (Å²) in [6.45, 7) is 4.50. The summed E-state index contributed by atoms with van der Waals surface area (Å²) in [5.74, 6) is 0.0192. The Balaban J connectivity index is 0.00000364. The van der Waals surface area contributed by atoms with E-state index < -0.39 is 5.79 Å². The molecule has 1 heterocycles. The van der Waals surface area contributed by atoms with Gasteiger partial charge in [-0.3, -0.25) is 4.79 Å². The summed E-state index contributed by atoms with van der Waals surface area (Å²) in [6, 6.07) is 7.99. The molecule has 0 saturated carbocycles. The highest BCUT2D eigenvalue weighted by atomic mass is 127. The maximum Gasteiger partial charge on any atom is 0.241 e. The number of likely N-dealkylation sites (N-methyl/N-ethyl adjacent to an activating group) is 1. The molecule has 0 bridgehead atoms. The molecule has 0 radical (unpaired) electrons. The highest BCUT2D eigenvalue weighted by molar-refractivity contribution is 14.0. The lowest BCUT2D eigenvalue weighted by atomic mass is 10.2. The Bertz CT molecular complexity index is 620. The Labute approximate surface area is 186 Å². The average Bonchev–Trinajstić information content (AvgIpc) is 3.04. The number of halogens is 2. The van der Waals surface area contributed by atoms with Gasteiger partial charge in [-0.25, -0.2) is 4.99 Å². The fourth-order valence-electron chi connectivity index (χ4n) is 2.36. The summed E-state index contributed by atoms with van der Waals surface area (Å²) in [7, 11) is 3.46. The van der Waals surface area contributed by atoms with Crippen LogP contribution < -0.4 is 10.6 Å². The highest BCUT2D eigenvalue weighted by Gasteiger charge is 2.30. The van der Waals surface area contributed by atoms with Crippen LogP contribution in [0.4, 0.5) is 0 Å². The van der Waals surface area contributed by atoms with Crippen LogP contribution in [0.3, 0.4) is 0 Å². The molecule has 1 saturated heterocycles. The minimum Gasteiger partial charge on any atom is -0.356 e. The van der Waals surface area contributed by atoms with Crippen molar-refractivity contribution in [2.24, 2.45) is 4.99 Å². The normalized spacial score (nSPS) is 15.8. The van der Waals surface area contributed by atoms with Crippen LogP contribution in [0.2, 0.25) is 0 Å². The molecule has 1 aliphatic rings. The highest BCUT2D eigenvalue weighted by Crippen LogP contribution is 2.21. The summed E-state index contributed by atoms with van der Waals surface area (Å²) < 4.78 is 12.2. The first-order valence-corrected chi connectivity index (χ1v) is 9.42. The topological polar surface area (TPSA) is 75.2 Å². The standard InChI is InChI=1S/C18H27BrN4O3.HI/c1-18(25-10-11-26-18)8-9-20-17(22-13-16(24)23(2)3)21-12-14-4-6-15(19)7-5-14;/h4-7H,8-13H2,1-3H3,(H2,20,21,22);1H. The van der Waals surface area contributed by atoms with E-state index in [0.29, 0.717) is 38.7 Å². The van der Waals surface area contributed by atoms with Crippen molar-refractivity contribution < 1.29 is 14.3 Å². The Morgan fingerprint density at radius 2 is 1.85 bits per heavy atom. The van der Waals surface area contributed by atoms with Crippen molar-refractivity contribution in [1.82, 2.24) is 15.5 Å². The van der Waals surface area contributed by atoms with Gasteiger partial charge < -0.3 is 25.0 Å². The molecule has 0 unspecified atom stereocenters. The molecule has 1 amide bonds. The van der Waals surface area contributed by atoms with E-state index in [1.807, 2.05) is 31.2 Å². The smallest absolute Gasteiger partial charge is 0.241 e. The van der Waals surface area contributed by atoms with E-state index in [1.165, 1.54) is 0 Å². The average molecular weight is 555 g/mol. The van der Waals surface area contributed by atoms with Crippen molar-refractivity contribution in [3.63, 3.8) is 0 Å². The van der Waals surface area contributed by atoms with Crippen molar-refractivity contribution in [3.8, 4) is 0 Å². The molecule has 27 heavy (non-hydrogen) atoms. The maximum atomic E-state index is 11.8. The van der Waals surface area contributed by atoms with Crippen LogP contribution in [0, 0.1) is 0 Å². The third-order valence-corrected chi connectivity index (χ3v) is 4.54. The molecule has 0 spiro atoms. The largest absolute Gasteiger partial charge is 0.356 e. The van der Waals surface area contributed by atoms with Gasteiger partial charge in [0.15, 0.2) is 11.7 Å². The van der Waals surface area contributed by atoms with Crippen LogP contribution in [0.15, 0.2) is 33.7 Å². The van der Waals surface area contributed by atoms with Gasteiger partial charge in [0.1, 0.15) is 0 Å². The van der Waals surface area contributed by atoms with Crippen molar-refractivity contribution >= 4 is 51.8 Å². The van der Waals surface area contributed by atoms with Gasteiger partial charge in [0.2, 0.25) is 5.91 Å². The van der Waals surface area contributed by atoms with Crippen LogP contribution in [0.5, 0.6) is 0 Å². The monoisotopic (exact) mass is 554 g/mol. The summed E-state index contributed by atoms with van der Waals surface area (Å²) in [5, 5.41) is 6.32. The lowest BCUT2D eigenvalue weighted by molar-refractivity contribution is -0.145. The molecule has 0 aromatic heterocycles. The first kappa shape index (κ1) is 24.1. The minimum atomic E-state index is -0.552. The van der Waals surface area contributed by atoms with Crippen LogP contribution in [-0.2, 0) is 20.8 Å². The predicted octanol–water partition coefficient (Wildman–Crippen LogP) is 2.34. The van der Waals surface area contributed by atoms with E-state index in [1.54, 1.807) is 19.0 Å². The van der Waals surface area contributed by atoms with Crippen molar-refractivity contribution in [2.45, 2.75) is 25.7 Å². The lowest BCUT2D eigenvalue weighted by Crippen LogP contribution is -2.44. The second kappa shape index (κ2) is 11.8. The van der Waals surface area contributed by atoms with E-state index in [9.17, 15) is 4.79 Å². The first-order valence-electron chi connectivity index (χ1n) is 8.63. The fourth-order valence-corrected chi connectivity index (χ4v) is 2.63. The molecule has 2 rings (SSSR count). The number of aliphatic imine (C=N–C) groups is 1. The Morgan fingerprint density at radius 1 is 1.22 bits per heavy atom. The van der Waals surface area contributed by atoms with Crippen LogP contribution in [-0.4, -0.2) is 63.0 Å². The number of carbonyl (C=O) groups is 1. The van der Waals surface area contributed by atoms with Gasteiger partial charge in [-0.2, -0.15) is 0 Å². The summed E-state index contributed by atoms with van der Waals surface area (Å²) >= 11 is 3.42. The van der Waals surface area contributed by atoms with Crippen molar-refractivity contribution in [2.75, 3.05) is 40.4 Å². The number of hydrogen-bond acceptors (Lipinski definition) is 4. The molecule has 1 aromatic carbocycles. The van der Waals surface area contributed by atoms with Gasteiger partial charge >= 0.3 is 0 Å². The van der Waals surface area contributed by atoms with Crippen LogP contribution >= 0.6 is 39.9 Å². The van der Waals surface area contributed by atoms with Gasteiger partial charge in [0.05, 0.1) is 26.3 Å². The van der Waals surface area contributed by atoms with Gasteiger partial charge in [-0.1, -0.05) is 28.1 Å². The molecule has 1 aromatic rings. The molecule has 0 atom stereocenters. The Hall–Kier alpha value is -0.910.